The molecule has 0 N–H and O–H groups in total. The van der Waals surface area contributed by atoms with Gasteiger partial charge in [0.05, 0.1) is 4.90 Å². The van der Waals surface area contributed by atoms with Crippen LogP contribution in [0.1, 0.15) is 67.7 Å². The molecule has 2 saturated heterocycles. The third-order valence-corrected chi connectivity index (χ3v) is 7.91. The molecule has 1 amide bonds. The Morgan fingerprint density at radius 1 is 1.13 bits per heavy atom. The summed E-state index contributed by atoms with van der Waals surface area (Å²) in [6.45, 7) is 6.49. The van der Waals surface area contributed by atoms with Gasteiger partial charge in [0.1, 0.15) is 12.2 Å². The van der Waals surface area contributed by atoms with Crippen LogP contribution in [0.3, 0.4) is 0 Å². The maximum absolute atomic E-state index is 13.2. The lowest BCUT2D eigenvalue weighted by Crippen LogP contribution is -2.40. The Morgan fingerprint density at radius 3 is 2.63 bits per heavy atom. The van der Waals surface area contributed by atoms with Crippen molar-refractivity contribution in [2.75, 3.05) is 26.2 Å². The summed E-state index contributed by atoms with van der Waals surface area (Å²) in [6.07, 6.45) is 5.35. The van der Waals surface area contributed by atoms with Crippen molar-refractivity contribution in [3.05, 3.63) is 42.0 Å². The second-order valence-corrected chi connectivity index (χ2v) is 10.4. The van der Waals surface area contributed by atoms with Crippen LogP contribution < -0.4 is 0 Å². The molecule has 0 bridgehead atoms. The fraction of sp³-hybridized carbons (Fsp3) is 0.571. The first kappa shape index (κ1) is 21.0. The Balaban J connectivity index is 1.54. The highest BCUT2D eigenvalue weighted by atomic mass is 32.2. The van der Waals surface area contributed by atoms with Crippen molar-refractivity contribution in [1.82, 2.24) is 24.0 Å². The molecule has 2 aromatic rings. The van der Waals surface area contributed by atoms with Gasteiger partial charge in [0.15, 0.2) is 0 Å². The van der Waals surface area contributed by atoms with E-state index in [1.165, 1.54) is 10.4 Å². The van der Waals surface area contributed by atoms with Crippen molar-refractivity contribution in [2.45, 2.75) is 56.4 Å². The molecule has 2 aliphatic rings. The number of carbonyl (C=O) groups excluding carboxylic acids is 1. The first-order chi connectivity index (χ1) is 14.4. The molecule has 30 heavy (non-hydrogen) atoms. The van der Waals surface area contributed by atoms with Crippen molar-refractivity contribution in [2.24, 2.45) is 0 Å². The zero-order valence-corrected chi connectivity index (χ0v) is 18.4. The predicted octanol–water partition coefficient (Wildman–Crippen LogP) is 2.66. The number of hydrogen-bond donors (Lipinski definition) is 0. The summed E-state index contributed by atoms with van der Waals surface area (Å²) in [5.41, 5.74) is 0.418. The summed E-state index contributed by atoms with van der Waals surface area (Å²) in [6, 6.07) is 6.72. The van der Waals surface area contributed by atoms with Gasteiger partial charge in [-0.2, -0.15) is 4.31 Å². The van der Waals surface area contributed by atoms with Crippen molar-refractivity contribution >= 4 is 15.9 Å². The van der Waals surface area contributed by atoms with Gasteiger partial charge in [-0.05, 0) is 57.7 Å². The van der Waals surface area contributed by atoms with Gasteiger partial charge >= 0.3 is 0 Å². The Bertz CT molecular complexity index is 1010. The average molecular weight is 432 g/mol. The second-order valence-electron chi connectivity index (χ2n) is 8.42. The summed E-state index contributed by atoms with van der Waals surface area (Å²) >= 11 is 0. The lowest BCUT2D eigenvalue weighted by molar-refractivity contribution is 0.0702. The molecule has 162 valence electrons. The number of rotatable bonds is 5. The van der Waals surface area contributed by atoms with Crippen molar-refractivity contribution in [1.29, 1.82) is 0 Å². The monoisotopic (exact) mass is 431 g/mol. The molecule has 8 nitrogen and oxygen atoms in total. The van der Waals surface area contributed by atoms with Gasteiger partial charge < -0.3 is 9.47 Å². The Labute approximate surface area is 177 Å². The van der Waals surface area contributed by atoms with E-state index in [-0.39, 0.29) is 22.8 Å². The van der Waals surface area contributed by atoms with Crippen LogP contribution in [-0.4, -0.2) is 64.5 Å². The second kappa shape index (κ2) is 8.47. The lowest BCUT2D eigenvalue weighted by Gasteiger charge is -2.33. The summed E-state index contributed by atoms with van der Waals surface area (Å²) in [5, 5.41) is 8.37. The van der Waals surface area contributed by atoms with E-state index in [4.69, 9.17) is 0 Å². The molecule has 0 saturated carbocycles. The van der Waals surface area contributed by atoms with Crippen LogP contribution >= 0.6 is 0 Å². The minimum atomic E-state index is -3.55. The summed E-state index contributed by atoms with van der Waals surface area (Å²) in [4.78, 5) is 15.2. The lowest BCUT2D eigenvalue weighted by atomic mass is 9.96. The third kappa shape index (κ3) is 4.00. The molecular formula is C21H29N5O3S. The molecule has 0 radical (unpaired) electrons. The fourth-order valence-corrected chi connectivity index (χ4v) is 5.93. The average Bonchev–Trinajstić information content (AvgIpc) is 3.46. The third-order valence-electron chi connectivity index (χ3n) is 6.01. The van der Waals surface area contributed by atoms with Crippen LogP contribution in [0, 0.1) is 0 Å². The number of amides is 1. The van der Waals surface area contributed by atoms with E-state index < -0.39 is 10.0 Å². The first-order valence-electron chi connectivity index (χ1n) is 10.7. The van der Waals surface area contributed by atoms with Crippen molar-refractivity contribution in [3.63, 3.8) is 0 Å². The molecule has 3 heterocycles. The van der Waals surface area contributed by atoms with E-state index in [2.05, 4.69) is 28.6 Å². The number of nitrogens with zero attached hydrogens (tertiary/aromatic N) is 5. The minimum Gasteiger partial charge on any atom is -0.338 e. The summed E-state index contributed by atoms with van der Waals surface area (Å²) in [7, 11) is -3.55. The predicted molar refractivity (Wildman–Crippen MR) is 113 cm³/mol. The van der Waals surface area contributed by atoms with Crippen molar-refractivity contribution < 1.29 is 13.2 Å². The number of hydrogen-bond acceptors (Lipinski definition) is 5. The maximum atomic E-state index is 13.2. The van der Waals surface area contributed by atoms with E-state index in [0.29, 0.717) is 31.7 Å². The maximum Gasteiger partial charge on any atom is 0.253 e. The quantitative estimate of drug-likeness (QED) is 0.726. The highest BCUT2D eigenvalue weighted by molar-refractivity contribution is 7.89. The first-order valence-corrected chi connectivity index (χ1v) is 12.1. The topological polar surface area (TPSA) is 88.4 Å². The minimum absolute atomic E-state index is 0.129. The molecule has 4 rings (SSSR count). The number of carbonyl (C=O) groups is 1. The van der Waals surface area contributed by atoms with E-state index in [1.807, 2.05) is 4.90 Å². The molecule has 1 atom stereocenters. The molecule has 0 spiro atoms. The van der Waals surface area contributed by atoms with E-state index in [1.54, 1.807) is 24.5 Å². The van der Waals surface area contributed by atoms with Crippen LogP contribution in [0.5, 0.6) is 0 Å². The van der Waals surface area contributed by atoms with E-state index >= 15 is 0 Å². The van der Waals surface area contributed by atoms with Gasteiger partial charge in [0.2, 0.25) is 10.0 Å². The molecule has 2 fully saturated rings. The molecule has 1 unspecified atom stereocenters. The molecule has 9 heteroatoms. The standard InChI is InChI=1S/C21H29N5O3S/c1-16(2)26-15-22-23-20(26)18-8-6-10-24(14-18)21(27)17-7-5-9-19(13-17)30(28,29)25-11-3-4-12-25/h5,7,9,13,15-16,18H,3-4,6,8,10-12,14H2,1-2H3. The van der Waals surface area contributed by atoms with Gasteiger partial charge in [0.25, 0.3) is 5.91 Å². The van der Waals surface area contributed by atoms with Gasteiger partial charge in [-0.15, -0.1) is 10.2 Å². The van der Waals surface area contributed by atoms with E-state index in [0.717, 1.165) is 31.5 Å². The number of likely N-dealkylation sites (tertiary alicyclic amines) is 1. The number of sulfonamides is 1. The molecule has 1 aromatic heterocycles. The summed E-state index contributed by atoms with van der Waals surface area (Å²) in [5.74, 6) is 0.908. The van der Waals surface area contributed by atoms with Crippen LogP contribution in [0.2, 0.25) is 0 Å². The van der Waals surface area contributed by atoms with Crippen LogP contribution in [0.4, 0.5) is 0 Å². The molecule has 0 aliphatic carbocycles. The molecule has 1 aromatic carbocycles. The Hall–Kier alpha value is -2.26. The van der Waals surface area contributed by atoms with Gasteiger partial charge in [0, 0.05) is 43.7 Å². The highest BCUT2D eigenvalue weighted by Crippen LogP contribution is 2.28. The Kier molecular flexibility index (Phi) is 5.92. The SMILES string of the molecule is CC(C)n1cnnc1C1CCCN(C(=O)c2cccc(S(=O)(=O)N3CCCC3)c2)C1. The number of benzene rings is 1. The Morgan fingerprint density at radius 2 is 1.90 bits per heavy atom. The largest absolute Gasteiger partial charge is 0.338 e. The van der Waals surface area contributed by atoms with Crippen LogP contribution in [0.15, 0.2) is 35.5 Å². The normalized spacial score (nSPS) is 20.8. The van der Waals surface area contributed by atoms with Crippen LogP contribution in [0.25, 0.3) is 0 Å². The van der Waals surface area contributed by atoms with Crippen LogP contribution in [-0.2, 0) is 10.0 Å². The molecular weight excluding hydrogens is 402 g/mol. The zero-order valence-electron chi connectivity index (χ0n) is 17.6. The summed E-state index contributed by atoms with van der Waals surface area (Å²) < 4.78 is 29.3. The smallest absolute Gasteiger partial charge is 0.253 e. The fourth-order valence-electron chi connectivity index (χ4n) is 4.36. The highest BCUT2D eigenvalue weighted by Gasteiger charge is 2.31. The zero-order chi connectivity index (χ0) is 21.3. The van der Waals surface area contributed by atoms with Gasteiger partial charge in [-0.3, -0.25) is 4.79 Å². The number of piperidine rings is 1. The van der Waals surface area contributed by atoms with Gasteiger partial charge in [-0.1, -0.05) is 6.07 Å². The van der Waals surface area contributed by atoms with Gasteiger partial charge in [-0.25, -0.2) is 8.42 Å². The van der Waals surface area contributed by atoms with Crippen molar-refractivity contribution in [3.8, 4) is 0 Å². The molecule has 2 aliphatic heterocycles. The van der Waals surface area contributed by atoms with E-state index in [9.17, 15) is 13.2 Å². The number of aromatic nitrogens is 3.